The van der Waals surface area contributed by atoms with E-state index in [2.05, 4.69) is 37.9 Å². The Bertz CT molecular complexity index is 253. The van der Waals surface area contributed by atoms with Crippen LogP contribution in [0.2, 0.25) is 0 Å². The molecule has 3 nitrogen and oxygen atoms in total. The molecule has 2 aliphatic heterocycles. The normalized spacial score (nSPS) is 41.6. The average molecular weight is 240 g/mol. The van der Waals surface area contributed by atoms with Crippen LogP contribution in [-0.4, -0.2) is 48.3 Å². The van der Waals surface area contributed by atoms with E-state index < -0.39 is 0 Å². The monoisotopic (exact) mass is 240 g/mol. The molecule has 0 aromatic carbocycles. The van der Waals surface area contributed by atoms with Crippen molar-refractivity contribution in [2.45, 2.75) is 70.7 Å². The molecule has 0 radical (unpaired) electrons. The van der Waals surface area contributed by atoms with Crippen molar-refractivity contribution in [3.8, 4) is 0 Å². The van der Waals surface area contributed by atoms with Crippen LogP contribution >= 0.6 is 0 Å². The van der Waals surface area contributed by atoms with Gasteiger partial charge < -0.3 is 10.1 Å². The topological polar surface area (TPSA) is 24.5 Å². The van der Waals surface area contributed by atoms with Gasteiger partial charge in [-0.3, -0.25) is 4.90 Å². The highest BCUT2D eigenvalue weighted by Crippen LogP contribution is 2.26. The highest BCUT2D eigenvalue weighted by atomic mass is 16.5. The van der Waals surface area contributed by atoms with Gasteiger partial charge in [0.15, 0.2) is 0 Å². The molecule has 17 heavy (non-hydrogen) atoms. The zero-order chi connectivity index (χ0) is 12.5. The predicted octanol–water partition coefficient (Wildman–Crippen LogP) is 2.02. The van der Waals surface area contributed by atoms with E-state index in [-0.39, 0.29) is 5.54 Å². The quantitative estimate of drug-likeness (QED) is 0.817. The number of hydrogen-bond acceptors (Lipinski definition) is 3. The van der Waals surface area contributed by atoms with Crippen molar-refractivity contribution in [3.63, 3.8) is 0 Å². The smallest absolute Gasteiger partial charge is 0.0728 e. The molecule has 0 bridgehead atoms. The predicted molar refractivity (Wildman–Crippen MR) is 71.3 cm³/mol. The third-order valence-electron chi connectivity index (χ3n) is 4.73. The van der Waals surface area contributed by atoms with Crippen molar-refractivity contribution in [1.82, 2.24) is 10.2 Å². The Morgan fingerprint density at radius 1 is 1.53 bits per heavy atom. The minimum atomic E-state index is 0.277. The van der Waals surface area contributed by atoms with E-state index in [1.807, 2.05) is 0 Å². The van der Waals surface area contributed by atoms with Crippen molar-refractivity contribution in [2.75, 3.05) is 19.7 Å². The molecule has 0 aliphatic carbocycles. The molecule has 4 unspecified atom stereocenters. The van der Waals surface area contributed by atoms with Gasteiger partial charge in [0.1, 0.15) is 0 Å². The Labute approximate surface area is 106 Å². The molecular weight excluding hydrogens is 212 g/mol. The Morgan fingerprint density at radius 2 is 2.29 bits per heavy atom. The van der Waals surface area contributed by atoms with Crippen molar-refractivity contribution in [3.05, 3.63) is 0 Å². The highest BCUT2D eigenvalue weighted by Gasteiger charge is 2.38. The Morgan fingerprint density at radius 3 is 2.88 bits per heavy atom. The van der Waals surface area contributed by atoms with Crippen LogP contribution in [0.15, 0.2) is 0 Å². The summed E-state index contributed by atoms with van der Waals surface area (Å²) in [6, 6.07) is 1.18. The molecule has 2 rings (SSSR count). The molecule has 2 heterocycles. The van der Waals surface area contributed by atoms with Gasteiger partial charge in [-0.15, -0.1) is 0 Å². The molecular formula is C14H28N2O. The summed E-state index contributed by atoms with van der Waals surface area (Å²) in [4.78, 5) is 2.65. The fourth-order valence-corrected chi connectivity index (χ4v) is 3.10. The highest BCUT2D eigenvalue weighted by molar-refractivity contribution is 4.96. The van der Waals surface area contributed by atoms with Gasteiger partial charge in [0.05, 0.1) is 6.10 Å². The van der Waals surface area contributed by atoms with Crippen LogP contribution in [0.25, 0.3) is 0 Å². The third-order valence-corrected chi connectivity index (χ3v) is 4.73. The lowest BCUT2D eigenvalue weighted by Crippen LogP contribution is -2.65. The fourth-order valence-electron chi connectivity index (χ4n) is 3.10. The number of rotatable bonds is 3. The van der Waals surface area contributed by atoms with Gasteiger partial charge in [0.25, 0.3) is 0 Å². The van der Waals surface area contributed by atoms with Gasteiger partial charge in [-0.05, 0) is 40.0 Å². The van der Waals surface area contributed by atoms with Crippen LogP contribution in [0.1, 0.15) is 47.0 Å². The number of piperazine rings is 1. The molecule has 0 spiro atoms. The largest absolute Gasteiger partial charge is 0.377 e. The summed E-state index contributed by atoms with van der Waals surface area (Å²) in [6.07, 6.45) is 4.12. The van der Waals surface area contributed by atoms with Gasteiger partial charge in [-0.2, -0.15) is 0 Å². The van der Waals surface area contributed by atoms with E-state index in [1.54, 1.807) is 0 Å². The average Bonchev–Trinajstić information content (AvgIpc) is 2.85. The SMILES string of the molecule is CCC1(C)CN(C(C)C2CCCO2)C(C)CN1. The van der Waals surface area contributed by atoms with Crippen molar-refractivity contribution in [2.24, 2.45) is 0 Å². The standard InChI is InChI=1S/C14H28N2O/c1-5-14(4)10-16(11(2)9-15-14)12(3)13-7-6-8-17-13/h11-13,15H,5-10H2,1-4H3. The summed E-state index contributed by atoms with van der Waals surface area (Å²) in [7, 11) is 0. The molecule has 0 saturated carbocycles. The molecule has 2 fully saturated rings. The minimum Gasteiger partial charge on any atom is -0.377 e. The van der Waals surface area contributed by atoms with Crippen LogP contribution < -0.4 is 5.32 Å². The first-order chi connectivity index (χ1) is 8.06. The maximum absolute atomic E-state index is 5.86. The summed E-state index contributed by atoms with van der Waals surface area (Å²) in [5.41, 5.74) is 0.277. The second-order valence-electron chi connectivity index (χ2n) is 6.11. The molecule has 4 atom stereocenters. The zero-order valence-corrected chi connectivity index (χ0v) is 11.8. The van der Waals surface area contributed by atoms with Gasteiger partial charge in [-0.1, -0.05) is 6.92 Å². The first-order valence-electron chi connectivity index (χ1n) is 7.18. The molecule has 0 amide bonds. The first-order valence-corrected chi connectivity index (χ1v) is 7.18. The summed E-state index contributed by atoms with van der Waals surface area (Å²) >= 11 is 0. The van der Waals surface area contributed by atoms with E-state index in [0.717, 1.165) is 19.7 Å². The van der Waals surface area contributed by atoms with Gasteiger partial charge in [0.2, 0.25) is 0 Å². The molecule has 0 aromatic rings. The van der Waals surface area contributed by atoms with Crippen molar-refractivity contribution >= 4 is 0 Å². The van der Waals surface area contributed by atoms with Gasteiger partial charge >= 0.3 is 0 Å². The lowest BCUT2D eigenvalue weighted by molar-refractivity contribution is -0.0146. The van der Waals surface area contributed by atoms with Gasteiger partial charge in [0, 0.05) is 37.3 Å². The van der Waals surface area contributed by atoms with Crippen molar-refractivity contribution in [1.29, 1.82) is 0 Å². The van der Waals surface area contributed by atoms with Crippen LogP contribution in [0, 0.1) is 0 Å². The third kappa shape index (κ3) is 2.83. The van der Waals surface area contributed by atoms with E-state index in [0.29, 0.717) is 18.2 Å². The lowest BCUT2D eigenvalue weighted by Gasteiger charge is -2.48. The molecule has 2 aliphatic rings. The number of ether oxygens (including phenoxy) is 1. The van der Waals surface area contributed by atoms with E-state index in [1.165, 1.54) is 19.3 Å². The summed E-state index contributed by atoms with van der Waals surface area (Å²) in [5, 5.41) is 3.69. The maximum Gasteiger partial charge on any atom is 0.0728 e. The second-order valence-corrected chi connectivity index (χ2v) is 6.11. The first kappa shape index (κ1) is 13.3. The fraction of sp³-hybridized carbons (Fsp3) is 1.00. The van der Waals surface area contributed by atoms with Gasteiger partial charge in [-0.25, -0.2) is 0 Å². The molecule has 3 heteroatoms. The molecule has 0 aromatic heterocycles. The molecule has 2 saturated heterocycles. The van der Waals surface area contributed by atoms with Crippen LogP contribution in [0.5, 0.6) is 0 Å². The van der Waals surface area contributed by atoms with Crippen LogP contribution in [0.4, 0.5) is 0 Å². The summed E-state index contributed by atoms with van der Waals surface area (Å²) in [5.74, 6) is 0. The lowest BCUT2D eigenvalue weighted by atomic mass is 9.91. The van der Waals surface area contributed by atoms with Crippen LogP contribution in [-0.2, 0) is 4.74 Å². The van der Waals surface area contributed by atoms with E-state index >= 15 is 0 Å². The molecule has 1 N–H and O–H groups in total. The van der Waals surface area contributed by atoms with Crippen LogP contribution in [0.3, 0.4) is 0 Å². The van der Waals surface area contributed by atoms with Crippen molar-refractivity contribution < 1.29 is 4.74 Å². The van der Waals surface area contributed by atoms with E-state index in [4.69, 9.17) is 4.74 Å². The number of hydrogen-bond donors (Lipinski definition) is 1. The minimum absolute atomic E-state index is 0.277. The summed E-state index contributed by atoms with van der Waals surface area (Å²) in [6.45, 7) is 12.5. The van der Waals surface area contributed by atoms with E-state index in [9.17, 15) is 0 Å². The zero-order valence-electron chi connectivity index (χ0n) is 11.8. The summed E-state index contributed by atoms with van der Waals surface area (Å²) < 4.78 is 5.86. The number of nitrogens with zero attached hydrogens (tertiary/aromatic N) is 1. The second kappa shape index (κ2) is 5.25. The molecule has 100 valence electrons. The Kier molecular flexibility index (Phi) is 4.11. The Balaban J connectivity index is 2.01. The maximum atomic E-state index is 5.86. The number of nitrogens with one attached hydrogen (secondary N) is 1. The Hall–Kier alpha value is -0.120.